The van der Waals surface area contributed by atoms with Crippen molar-refractivity contribution in [2.45, 2.75) is 48.7 Å². The van der Waals surface area contributed by atoms with Crippen LogP contribution in [0.5, 0.6) is 0 Å². The van der Waals surface area contributed by atoms with Crippen LogP contribution in [0.4, 0.5) is 5.69 Å². The van der Waals surface area contributed by atoms with Crippen LogP contribution in [0.2, 0.25) is 0 Å². The molecule has 0 unspecified atom stereocenters. The highest BCUT2D eigenvalue weighted by atomic mass is 32.2. The molecule has 1 fully saturated rings. The molecule has 2 N–H and O–H groups in total. The molecule has 142 valence electrons. The predicted molar refractivity (Wildman–Crippen MR) is 111 cm³/mol. The van der Waals surface area contributed by atoms with Gasteiger partial charge < -0.3 is 10.6 Å². The Kier molecular flexibility index (Phi) is 7.34. The van der Waals surface area contributed by atoms with E-state index in [1.807, 2.05) is 54.2 Å². The summed E-state index contributed by atoms with van der Waals surface area (Å²) in [7, 11) is 0. The summed E-state index contributed by atoms with van der Waals surface area (Å²) in [6, 6.07) is 17.6. The molecule has 3 rings (SSSR count). The minimum atomic E-state index is -0.0915. The fraction of sp³-hybridized carbons (Fsp3) is 0.364. The average Bonchev–Trinajstić information content (AvgIpc) is 3.17. The van der Waals surface area contributed by atoms with Crippen LogP contribution in [0.15, 0.2) is 59.5 Å². The Balaban J connectivity index is 1.35. The molecule has 27 heavy (non-hydrogen) atoms. The van der Waals surface area contributed by atoms with Gasteiger partial charge in [-0.3, -0.25) is 9.59 Å². The molecular formula is C22H26N2O2S. The van der Waals surface area contributed by atoms with Crippen molar-refractivity contribution >= 4 is 29.3 Å². The summed E-state index contributed by atoms with van der Waals surface area (Å²) in [6.45, 7) is 0.340. The van der Waals surface area contributed by atoms with Gasteiger partial charge in [0.25, 0.3) is 0 Å². The van der Waals surface area contributed by atoms with Crippen molar-refractivity contribution in [3.05, 3.63) is 60.2 Å². The van der Waals surface area contributed by atoms with E-state index in [1.54, 1.807) is 0 Å². The Morgan fingerprint density at radius 3 is 2.33 bits per heavy atom. The van der Waals surface area contributed by atoms with E-state index in [2.05, 4.69) is 22.8 Å². The molecule has 0 radical (unpaired) electrons. The monoisotopic (exact) mass is 382 g/mol. The molecule has 0 heterocycles. The highest BCUT2D eigenvalue weighted by Crippen LogP contribution is 2.34. The fourth-order valence-electron chi connectivity index (χ4n) is 3.20. The molecule has 4 nitrogen and oxygen atoms in total. The van der Waals surface area contributed by atoms with E-state index < -0.39 is 0 Å². The van der Waals surface area contributed by atoms with Crippen molar-refractivity contribution in [1.82, 2.24) is 5.32 Å². The standard InChI is InChI=1S/C22H26N2O2S/c25-21(14-15-23-22(26)16-17-6-2-1-3-7-17)24-18-10-12-20(13-11-18)27-19-8-4-5-9-19/h1-3,6-7,10-13,19H,4-5,8-9,14-16H2,(H,23,26)(H,24,25). The quantitative estimate of drug-likeness (QED) is 0.711. The molecule has 2 aromatic carbocycles. The molecule has 0 aliphatic heterocycles. The van der Waals surface area contributed by atoms with Crippen LogP contribution in [0.3, 0.4) is 0 Å². The Hall–Kier alpha value is -2.27. The van der Waals surface area contributed by atoms with Crippen LogP contribution in [-0.2, 0) is 16.0 Å². The summed E-state index contributed by atoms with van der Waals surface area (Å²) in [4.78, 5) is 25.2. The number of thioether (sulfide) groups is 1. The van der Waals surface area contributed by atoms with E-state index in [9.17, 15) is 9.59 Å². The average molecular weight is 383 g/mol. The summed E-state index contributed by atoms with van der Waals surface area (Å²) in [5.41, 5.74) is 1.77. The van der Waals surface area contributed by atoms with Gasteiger partial charge in [-0.2, -0.15) is 0 Å². The lowest BCUT2D eigenvalue weighted by Gasteiger charge is -2.10. The van der Waals surface area contributed by atoms with Crippen molar-refractivity contribution in [2.75, 3.05) is 11.9 Å². The number of benzene rings is 2. The minimum absolute atomic E-state index is 0.0673. The van der Waals surface area contributed by atoms with Crippen molar-refractivity contribution in [3.63, 3.8) is 0 Å². The molecule has 0 aromatic heterocycles. The predicted octanol–water partition coefficient (Wildman–Crippen LogP) is 4.41. The van der Waals surface area contributed by atoms with E-state index in [0.29, 0.717) is 13.0 Å². The second kappa shape index (κ2) is 10.2. The number of nitrogens with one attached hydrogen (secondary N) is 2. The zero-order valence-electron chi connectivity index (χ0n) is 15.4. The Labute approximate surface area is 165 Å². The molecule has 0 atom stereocenters. The number of hydrogen-bond acceptors (Lipinski definition) is 3. The smallest absolute Gasteiger partial charge is 0.226 e. The third kappa shape index (κ3) is 6.75. The van der Waals surface area contributed by atoms with Crippen molar-refractivity contribution < 1.29 is 9.59 Å². The highest BCUT2D eigenvalue weighted by Gasteiger charge is 2.16. The van der Waals surface area contributed by atoms with Gasteiger partial charge in [-0.1, -0.05) is 43.2 Å². The zero-order valence-corrected chi connectivity index (χ0v) is 16.3. The van der Waals surface area contributed by atoms with Gasteiger partial charge in [-0.05, 0) is 42.7 Å². The number of carbonyl (C=O) groups excluding carboxylic acids is 2. The van der Waals surface area contributed by atoms with E-state index in [4.69, 9.17) is 0 Å². The van der Waals surface area contributed by atoms with Crippen LogP contribution in [0.25, 0.3) is 0 Å². The lowest BCUT2D eigenvalue weighted by Crippen LogP contribution is -2.28. The molecule has 2 aromatic rings. The summed E-state index contributed by atoms with van der Waals surface area (Å²) in [5.74, 6) is -0.159. The summed E-state index contributed by atoms with van der Waals surface area (Å²) in [5, 5.41) is 6.42. The first-order chi connectivity index (χ1) is 13.2. The topological polar surface area (TPSA) is 58.2 Å². The number of hydrogen-bond donors (Lipinski definition) is 2. The third-order valence-electron chi connectivity index (χ3n) is 4.62. The van der Waals surface area contributed by atoms with Gasteiger partial charge in [-0.15, -0.1) is 11.8 Å². The maximum atomic E-state index is 12.0. The molecule has 0 saturated heterocycles. The van der Waals surface area contributed by atoms with Crippen molar-refractivity contribution in [2.24, 2.45) is 0 Å². The molecular weight excluding hydrogens is 356 g/mol. The van der Waals surface area contributed by atoms with Crippen LogP contribution >= 0.6 is 11.8 Å². The van der Waals surface area contributed by atoms with E-state index in [0.717, 1.165) is 16.5 Å². The van der Waals surface area contributed by atoms with Gasteiger partial charge in [0.2, 0.25) is 11.8 Å². The second-order valence-electron chi connectivity index (χ2n) is 6.86. The Morgan fingerprint density at radius 2 is 1.63 bits per heavy atom. The van der Waals surface area contributed by atoms with Crippen LogP contribution in [-0.4, -0.2) is 23.6 Å². The minimum Gasteiger partial charge on any atom is -0.355 e. The lowest BCUT2D eigenvalue weighted by molar-refractivity contribution is -0.120. The number of amides is 2. The lowest BCUT2D eigenvalue weighted by atomic mass is 10.1. The van der Waals surface area contributed by atoms with E-state index in [1.165, 1.54) is 30.6 Å². The molecule has 2 amide bonds. The second-order valence-corrected chi connectivity index (χ2v) is 8.23. The summed E-state index contributed by atoms with van der Waals surface area (Å²) in [6.07, 6.45) is 5.89. The fourth-order valence-corrected chi connectivity index (χ4v) is 4.45. The maximum absolute atomic E-state index is 12.0. The van der Waals surface area contributed by atoms with Gasteiger partial charge in [-0.25, -0.2) is 0 Å². The van der Waals surface area contributed by atoms with Gasteiger partial charge >= 0.3 is 0 Å². The molecule has 5 heteroatoms. The first-order valence-electron chi connectivity index (χ1n) is 9.56. The largest absolute Gasteiger partial charge is 0.355 e. The highest BCUT2D eigenvalue weighted by molar-refractivity contribution is 8.00. The number of carbonyl (C=O) groups is 2. The van der Waals surface area contributed by atoms with Gasteiger partial charge in [0.15, 0.2) is 0 Å². The third-order valence-corrected chi connectivity index (χ3v) is 5.97. The first-order valence-corrected chi connectivity index (χ1v) is 10.4. The maximum Gasteiger partial charge on any atom is 0.226 e. The SMILES string of the molecule is O=C(Cc1ccccc1)NCCC(=O)Nc1ccc(SC2CCCC2)cc1. The van der Waals surface area contributed by atoms with Crippen molar-refractivity contribution in [1.29, 1.82) is 0 Å². The van der Waals surface area contributed by atoms with Gasteiger partial charge in [0.1, 0.15) is 0 Å². The number of rotatable bonds is 8. The molecule has 0 bridgehead atoms. The Bertz CT molecular complexity index is 741. The summed E-state index contributed by atoms with van der Waals surface area (Å²) < 4.78 is 0. The summed E-state index contributed by atoms with van der Waals surface area (Å²) >= 11 is 1.94. The molecule has 1 aliphatic rings. The van der Waals surface area contributed by atoms with Gasteiger partial charge in [0, 0.05) is 28.8 Å². The van der Waals surface area contributed by atoms with E-state index in [-0.39, 0.29) is 18.2 Å². The van der Waals surface area contributed by atoms with Crippen LogP contribution in [0.1, 0.15) is 37.7 Å². The normalized spacial score (nSPS) is 14.1. The van der Waals surface area contributed by atoms with Crippen LogP contribution < -0.4 is 10.6 Å². The van der Waals surface area contributed by atoms with Crippen molar-refractivity contribution in [3.8, 4) is 0 Å². The number of anilines is 1. The molecule has 0 spiro atoms. The molecule has 1 saturated carbocycles. The Morgan fingerprint density at radius 1 is 0.926 bits per heavy atom. The van der Waals surface area contributed by atoms with Gasteiger partial charge in [0.05, 0.1) is 6.42 Å². The first kappa shape index (κ1) is 19.5. The molecule has 1 aliphatic carbocycles. The zero-order chi connectivity index (χ0) is 18.9. The van der Waals surface area contributed by atoms with Crippen LogP contribution in [0, 0.1) is 0 Å². The van der Waals surface area contributed by atoms with E-state index >= 15 is 0 Å².